The van der Waals surface area contributed by atoms with Crippen LogP contribution in [0.3, 0.4) is 0 Å². The number of anilines is 1. The molecule has 0 atom stereocenters. The fourth-order valence-corrected chi connectivity index (χ4v) is 1.86. The lowest BCUT2D eigenvalue weighted by Crippen LogP contribution is -2.03. The molecule has 0 aliphatic heterocycles. The Hall–Kier alpha value is -2.50. The molecule has 3 aromatic rings. The van der Waals surface area contributed by atoms with Gasteiger partial charge in [0.05, 0.1) is 18.6 Å². The van der Waals surface area contributed by atoms with E-state index in [1.54, 1.807) is 12.5 Å². The van der Waals surface area contributed by atoms with E-state index in [1.807, 2.05) is 23.6 Å². The van der Waals surface area contributed by atoms with E-state index in [-0.39, 0.29) is 0 Å². The normalized spacial score (nSPS) is 10.9. The van der Waals surface area contributed by atoms with Crippen LogP contribution in [0.2, 0.25) is 0 Å². The summed E-state index contributed by atoms with van der Waals surface area (Å²) >= 11 is 0. The molecule has 0 spiro atoms. The molecule has 0 bridgehead atoms. The van der Waals surface area contributed by atoms with Gasteiger partial charge in [0.25, 0.3) is 0 Å². The maximum absolute atomic E-state index is 5.75. The number of nitrogens with two attached hydrogens (primary N) is 1. The second kappa shape index (κ2) is 4.06. The minimum Gasteiger partial charge on any atom is -0.382 e. The molecule has 0 unspecified atom stereocenters. The van der Waals surface area contributed by atoms with Gasteiger partial charge in [0.1, 0.15) is 11.8 Å². The number of aromatic nitrogens is 5. The van der Waals surface area contributed by atoms with E-state index in [0.29, 0.717) is 17.9 Å². The average molecular weight is 240 g/mol. The van der Waals surface area contributed by atoms with E-state index >= 15 is 0 Å². The molecule has 18 heavy (non-hydrogen) atoms. The topological polar surface area (TPSA) is 82.5 Å². The Kier molecular flexibility index (Phi) is 2.40. The van der Waals surface area contributed by atoms with Crippen LogP contribution in [-0.4, -0.2) is 24.5 Å². The highest BCUT2D eigenvalue weighted by molar-refractivity contribution is 5.81. The van der Waals surface area contributed by atoms with Crippen LogP contribution in [0.25, 0.3) is 11.2 Å². The van der Waals surface area contributed by atoms with Crippen LogP contribution in [0.1, 0.15) is 11.3 Å². The molecule has 6 nitrogen and oxygen atoms in total. The summed E-state index contributed by atoms with van der Waals surface area (Å²) in [5.41, 5.74) is 9.24. The summed E-state index contributed by atoms with van der Waals surface area (Å²) in [4.78, 5) is 16.7. The van der Waals surface area contributed by atoms with E-state index in [1.165, 1.54) is 6.33 Å². The quantitative estimate of drug-likeness (QED) is 0.726. The van der Waals surface area contributed by atoms with Crippen molar-refractivity contribution in [2.75, 3.05) is 5.73 Å². The first-order chi connectivity index (χ1) is 8.75. The number of hydrogen-bond acceptors (Lipinski definition) is 5. The molecular weight excluding hydrogens is 228 g/mol. The van der Waals surface area contributed by atoms with E-state index < -0.39 is 0 Å². The third kappa shape index (κ3) is 1.67. The number of imidazole rings is 1. The summed E-state index contributed by atoms with van der Waals surface area (Å²) in [6.45, 7) is 2.66. The van der Waals surface area contributed by atoms with E-state index in [9.17, 15) is 0 Å². The zero-order valence-corrected chi connectivity index (χ0v) is 9.91. The highest BCUT2D eigenvalue weighted by Gasteiger charge is 2.09. The van der Waals surface area contributed by atoms with Gasteiger partial charge in [0, 0.05) is 6.20 Å². The van der Waals surface area contributed by atoms with E-state index in [0.717, 1.165) is 16.9 Å². The summed E-state index contributed by atoms with van der Waals surface area (Å²) in [5, 5.41) is 0. The largest absolute Gasteiger partial charge is 0.382 e. The third-order valence-electron chi connectivity index (χ3n) is 2.87. The maximum atomic E-state index is 5.75. The molecule has 0 fully saturated rings. The van der Waals surface area contributed by atoms with Crippen LogP contribution in [0.4, 0.5) is 5.82 Å². The first kappa shape index (κ1) is 10.6. The number of hydrogen-bond donors (Lipinski definition) is 1. The second-order valence-corrected chi connectivity index (χ2v) is 4.07. The lowest BCUT2D eigenvalue weighted by molar-refractivity contribution is 0.781. The Morgan fingerprint density at radius 1 is 1.22 bits per heavy atom. The van der Waals surface area contributed by atoms with Crippen LogP contribution in [0.5, 0.6) is 0 Å². The van der Waals surface area contributed by atoms with Crippen LogP contribution >= 0.6 is 0 Å². The molecule has 90 valence electrons. The SMILES string of the molecule is Cc1cccnc1Cn1cnc2c(N)ncnc21. The summed E-state index contributed by atoms with van der Waals surface area (Å²) in [5.74, 6) is 0.400. The zero-order chi connectivity index (χ0) is 12.5. The summed E-state index contributed by atoms with van der Waals surface area (Å²) < 4.78 is 1.92. The van der Waals surface area contributed by atoms with Crippen LogP contribution < -0.4 is 5.73 Å². The van der Waals surface area contributed by atoms with Gasteiger partial charge in [-0.25, -0.2) is 15.0 Å². The Balaban J connectivity index is 2.06. The predicted molar refractivity (Wildman–Crippen MR) is 67.8 cm³/mol. The second-order valence-electron chi connectivity index (χ2n) is 4.07. The standard InChI is InChI=1S/C12H12N6/c1-8-3-2-4-14-9(8)5-18-7-17-10-11(13)15-6-16-12(10)18/h2-4,6-7H,5H2,1H3,(H2,13,15,16). The van der Waals surface area contributed by atoms with Gasteiger partial charge in [0.2, 0.25) is 0 Å². The Morgan fingerprint density at radius 2 is 2.11 bits per heavy atom. The van der Waals surface area contributed by atoms with Crippen molar-refractivity contribution in [1.29, 1.82) is 0 Å². The van der Waals surface area contributed by atoms with Gasteiger partial charge < -0.3 is 10.3 Å². The van der Waals surface area contributed by atoms with Gasteiger partial charge in [-0.1, -0.05) is 6.07 Å². The summed E-state index contributed by atoms with van der Waals surface area (Å²) in [6, 6.07) is 3.95. The average Bonchev–Trinajstić information content (AvgIpc) is 2.77. The Bertz CT molecular complexity index is 703. The predicted octanol–water partition coefficient (Wildman–Crippen LogP) is 1.16. The molecule has 6 heteroatoms. The fourth-order valence-electron chi connectivity index (χ4n) is 1.86. The van der Waals surface area contributed by atoms with Gasteiger partial charge in [-0.15, -0.1) is 0 Å². The molecule has 3 heterocycles. The summed E-state index contributed by atoms with van der Waals surface area (Å²) in [7, 11) is 0. The molecule has 0 aromatic carbocycles. The van der Waals surface area contributed by atoms with Gasteiger partial charge in [-0.3, -0.25) is 4.98 Å². The molecule has 3 rings (SSSR count). The smallest absolute Gasteiger partial charge is 0.165 e. The number of pyridine rings is 1. The van der Waals surface area contributed by atoms with Crippen molar-refractivity contribution in [2.45, 2.75) is 13.5 Å². The third-order valence-corrected chi connectivity index (χ3v) is 2.87. The molecule has 0 amide bonds. The maximum Gasteiger partial charge on any atom is 0.165 e. The highest BCUT2D eigenvalue weighted by Crippen LogP contribution is 2.15. The van der Waals surface area contributed by atoms with E-state index in [2.05, 4.69) is 19.9 Å². The number of nitrogens with zero attached hydrogens (tertiary/aromatic N) is 5. The molecule has 0 aliphatic rings. The molecule has 0 radical (unpaired) electrons. The molecule has 3 aromatic heterocycles. The van der Waals surface area contributed by atoms with Crippen LogP contribution in [-0.2, 0) is 6.54 Å². The van der Waals surface area contributed by atoms with Crippen LogP contribution in [0.15, 0.2) is 31.0 Å². The van der Waals surface area contributed by atoms with Crippen molar-refractivity contribution in [2.24, 2.45) is 0 Å². The molecular formula is C12H12N6. The lowest BCUT2D eigenvalue weighted by atomic mass is 10.2. The number of nitrogen functional groups attached to an aromatic ring is 1. The van der Waals surface area contributed by atoms with Crippen LogP contribution in [0, 0.1) is 6.92 Å². The number of rotatable bonds is 2. The molecule has 0 saturated heterocycles. The first-order valence-corrected chi connectivity index (χ1v) is 5.57. The molecule has 0 saturated carbocycles. The fraction of sp³-hybridized carbons (Fsp3) is 0.167. The van der Waals surface area contributed by atoms with Gasteiger partial charge >= 0.3 is 0 Å². The van der Waals surface area contributed by atoms with Crippen molar-refractivity contribution in [1.82, 2.24) is 24.5 Å². The molecule has 0 aliphatic carbocycles. The van der Waals surface area contributed by atoms with Crippen molar-refractivity contribution in [3.8, 4) is 0 Å². The highest BCUT2D eigenvalue weighted by atomic mass is 15.1. The zero-order valence-electron chi connectivity index (χ0n) is 9.91. The number of fused-ring (bicyclic) bond motifs is 1. The first-order valence-electron chi connectivity index (χ1n) is 5.57. The lowest BCUT2D eigenvalue weighted by Gasteiger charge is -2.05. The van der Waals surface area contributed by atoms with Gasteiger partial charge in [-0.05, 0) is 18.6 Å². The van der Waals surface area contributed by atoms with Crippen molar-refractivity contribution < 1.29 is 0 Å². The van der Waals surface area contributed by atoms with Gasteiger partial charge in [-0.2, -0.15) is 0 Å². The Morgan fingerprint density at radius 3 is 2.94 bits per heavy atom. The van der Waals surface area contributed by atoms with Gasteiger partial charge in [0.15, 0.2) is 11.5 Å². The van der Waals surface area contributed by atoms with Crippen molar-refractivity contribution in [3.63, 3.8) is 0 Å². The van der Waals surface area contributed by atoms with E-state index in [4.69, 9.17) is 5.73 Å². The summed E-state index contributed by atoms with van der Waals surface area (Å²) in [6.07, 6.45) is 4.94. The molecule has 2 N–H and O–H groups in total. The minimum atomic E-state index is 0.400. The number of aryl methyl sites for hydroxylation is 1. The Labute approximate surface area is 104 Å². The van der Waals surface area contributed by atoms with Crippen molar-refractivity contribution >= 4 is 17.0 Å². The monoisotopic (exact) mass is 240 g/mol. The minimum absolute atomic E-state index is 0.400. The van der Waals surface area contributed by atoms with Crippen molar-refractivity contribution in [3.05, 3.63) is 42.2 Å².